The van der Waals surface area contributed by atoms with Crippen molar-refractivity contribution in [1.29, 1.82) is 0 Å². The average molecular weight is 212 g/mol. The lowest BCUT2D eigenvalue weighted by Gasteiger charge is -2.02. The first kappa shape index (κ1) is 10.8. The molecule has 2 rings (SSSR count). The molecule has 2 heterocycles. The maximum absolute atomic E-state index is 4.37. The van der Waals surface area contributed by atoms with Gasteiger partial charge in [0.1, 0.15) is 0 Å². The van der Waals surface area contributed by atoms with Crippen molar-refractivity contribution in [3.05, 3.63) is 59.7 Å². The third-order valence-electron chi connectivity index (χ3n) is 2.65. The zero-order chi connectivity index (χ0) is 11.2. The van der Waals surface area contributed by atoms with Gasteiger partial charge in [-0.2, -0.15) is 0 Å². The molecule has 0 amide bonds. The van der Waals surface area contributed by atoms with Crippen LogP contribution in [-0.4, -0.2) is 9.97 Å². The van der Waals surface area contributed by atoms with E-state index in [0.717, 1.165) is 30.7 Å². The Bertz CT molecular complexity index is 437. The fraction of sp³-hybridized carbons (Fsp3) is 0.286. The van der Waals surface area contributed by atoms with Gasteiger partial charge in [0, 0.05) is 23.8 Å². The third kappa shape index (κ3) is 2.89. The molecule has 0 N–H and O–H groups in total. The van der Waals surface area contributed by atoms with Crippen LogP contribution < -0.4 is 0 Å². The molecule has 0 saturated heterocycles. The second-order valence-corrected chi connectivity index (χ2v) is 3.83. The lowest BCUT2D eigenvalue weighted by Crippen LogP contribution is -1.97. The molecule has 0 unspecified atom stereocenters. The van der Waals surface area contributed by atoms with Gasteiger partial charge < -0.3 is 0 Å². The number of pyridine rings is 2. The number of rotatable bonds is 4. The van der Waals surface area contributed by atoms with E-state index in [1.807, 2.05) is 24.5 Å². The quantitative estimate of drug-likeness (QED) is 0.778. The van der Waals surface area contributed by atoms with Gasteiger partial charge in [-0.25, -0.2) is 0 Å². The molecule has 16 heavy (non-hydrogen) atoms. The zero-order valence-corrected chi connectivity index (χ0v) is 9.56. The molecule has 0 aliphatic rings. The minimum absolute atomic E-state index is 0.959. The predicted molar refractivity (Wildman–Crippen MR) is 65.3 cm³/mol. The first-order valence-corrected chi connectivity index (χ1v) is 5.72. The van der Waals surface area contributed by atoms with Crippen molar-refractivity contribution < 1.29 is 0 Å². The second kappa shape index (κ2) is 5.40. The molecule has 0 fully saturated rings. The molecule has 82 valence electrons. The van der Waals surface area contributed by atoms with E-state index in [1.54, 1.807) is 0 Å². The van der Waals surface area contributed by atoms with E-state index < -0.39 is 0 Å². The molecule has 2 nitrogen and oxygen atoms in total. The Morgan fingerprint density at radius 3 is 2.50 bits per heavy atom. The van der Waals surface area contributed by atoms with Gasteiger partial charge in [-0.05, 0) is 49.1 Å². The highest BCUT2D eigenvalue weighted by molar-refractivity contribution is 5.17. The van der Waals surface area contributed by atoms with Gasteiger partial charge in [-0.15, -0.1) is 0 Å². The van der Waals surface area contributed by atoms with Crippen LogP contribution in [0.1, 0.15) is 23.9 Å². The van der Waals surface area contributed by atoms with Crippen LogP contribution in [-0.2, 0) is 19.3 Å². The van der Waals surface area contributed by atoms with Crippen LogP contribution in [0.4, 0.5) is 0 Å². The number of aryl methyl sites for hydroxylation is 3. The molecule has 0 aliphatic carbocycles. The topological polar surface area (TPSA) is 25.8 Å². The standard InChI is InChI=1S/C14H16N2/c1-2-12-8-10-16-14(11-12)7-6-13-5-3-4-9-15-13/h3-5,8-11H,2,6-7H2,1H3. The summed E-state index contributed by atoms with van der Waals surface area (Å²) in [4.78, 5) is 8.68. The van der Waals surface area contributed by atoms with E-state index in [0.29, 0.717) is 0 Å². The molecule has 0 saturated carbocycles. The molecular formula is C14H16N2. The zero-order valence-electron chi connectivity index (χ0n) is 9.56. The highest BCUT2D eigenvalue weighted by atomic mass is 14.7. The molecule has 0 aromatic carbocycles. The minimum Gasteiger partial charge on any atom is -0.261 e. The summed E-state index contributed by atoms with van der Waals surface area (Å²) in [5, 5.41) is 0. The first-order valence-electron chi connectivity index (χ1n) is 5.72. The van der Waals surface area contributed by atoms with Crippen LogP contribution in [0.15, 0.2) is 42.7 Å². The maximum atomic E-state index is 4.37. The average Bonchev–Trinajstić information content (AvgIpc) is 2.38. The van der Waals surface area contributed by atoms with Crippen molar-refractivity contribution in [2.24, 2.45) is 0 Å². The van der Waals surface area contributed by atoms with Gasteiger partial charge in [0.15, 0.2) is 0 Å². The summed E-state index contributed by atoms with van der Waals surface area (Å²) in [5.74, 6) is 0. The van der Waals surface area contributed by atoms with Crippen molar-refractivity contribution >= 4 is 0 Å². The summed E-state index contributed by atoms with van der Waals surface area (Å²) >= 11 is 0. The summed E-state index contributed by atoms with van der Waals surface area (Å²) in [5.41, 5.74) is 3.64. The van der Waals surface area contributed by atoms with Crippen molar-refractivity contribution in [3.63, 3.8) is 0 Å². The first-order chi connectivity index (χ1) is 7.88. The van der Waals surface area contributed by atoms with Gasteiger partial charge in [0.25, 0.3) is 0 Å². The van der Waals surface area contributed by atoms with Gasteiger partial charge in [-0.1, -0.05) is 13.0 Å². The Morgan fingerprint density at radius 1 is 0.938 bits per heavy atom. The number of hydrogen-bond acceptors (Lipinski definition) is 2. The SMILES string of the molecule is CCc1ccnc(CCc2ccccn2)c1. The molecule has 2 aromatic heterocycles. The van der Waals surface area contributed by atoms with Crippen LogP contribution in [0.25, 0.3) is 0 Å². The number of aromatic nitrogens is 2. The Morgan fingerprint density at radius 2 is 1.75 bits per heavy atom. The molecule has 2 heteroatoms. The van der Waals surface area contributed by atoms with E-state index in [4.69, 9.17) is 0 Å². The Balaban J connectivity index is 1.99. The van der Waals surface area contributed by atoms with E-state index >= 15 is 0 Å². The Kier molecular flexibility index (Phi) is 3.65. The molecule has 0 bridgehead atoms. The van der Waals surface area contributed by atoms with E-state index in [1.165, 1.54) is 5.56 Å². The molecular weight excluding hydrogens is 196 g/mol. The van der Waals surface area contributed by atoms with Crippen molar-refractivity contribution in [2.45, 2.75) is 26.2 Å². The molecule has 0 spiro atoms. The molecule has 0 radical (unpaired) electrons. The number of nitrogens with zero attached hydrogens (tertiary/aromatic N) is 2. The van der Waals surface area contributed by atoms with E-state index in [9.17, 15) is 0 Å². The molecule has 2 aromatic rings. The summed E-state index contributed by atoms with van der Waals surface area (Å²) in [6.07, 6.45) is 6.72. The van der Waals surface area contributed by atoms with Gasteiger partial charge >= 0.3 is 0 Å². The lowest BCUT2D eigenvalue weighted by atomic mass is 10.1. The maximum Gasteiger partial charge on any atom is 0.0410 e. The smallest absolute Gasteiger partial charge is 0.0410 e. The van der Waals surface area contributed by atoms with Gasteiger partial charge in [0.2, 0.25) is 0 Å². The summed E-state index contributed by atoms with van der Waals surface area (Å²) in [7, 11) is 0. The largest absolute Gasteiger partial charge is 0.261 e. The minimum atomic E-state index is 0.959. The van der Waals surface area contributed by atoms with Crippen molar-refractivity contribution in [2.75, 3.05) is 0 Å². The van der Waals surface area contributed by atoms with Crippen LogP contribution >= 0.6 is 0 Å². The van der Waals surface area contributed by atoms with Crippen molar-refractivity contribution in [1.82, 2.24) is 9.97 Å². The van der Waals surface area contributed by atoms with Crippen LogP contribution in [0, 0.1) is 0 Å². The predicted octanol–water partition coefficient (Wildman–Crippen LogP) is 2.82. The fourth-order valence-corrected chi connectivity index (χ4v) is 1.69. The summed E-state index contributed by atoms with van der Waals surface area (Å²) in [6.45, 7) is 2.16. The van der Waals surface area contributed by atoms with Crippen LogP contribution in [0.2, 0.25) is 0 Å². The Labute approximate surface area is 96.4 Å². The Hall–Kier alpha value is -1.70. The molecule has 0 aliphatic heterocycles. The summed E-state index contributed by atoms with van der Waals surface area (Å²) < 4.78 is 0. The van der Waals surface area contributed by atoms with E-state index in [2.05, 4.69) is 35.1 Å². The highest BCUT2D eigenvalue weighted by Crippen LogP contribution is 2.06. The third-order valence-corrected chi connectivity index (χ3v) is 2.65. The van der Waals surface area contributed by atoms with Crippen LogP contribution in [0.5, 0.6) is 0 Å². The van der Waals surface area contributed by atoms with Gasteiger partial charge in [-0.3, -0.25) is 9.97 Å². The lowest BCUT2D eigenvalue weighted by molar-refractivity contribution is 0.874. The van der Waals surface area contributed by atoms with Crippen molar-refractivity contribution in [3.8, 4) is 0 Å². The second-order valence-electron chi connectivity index (χ2n) is 3.83. The normalized spacial score (nSPS) is 10.3. The molecule has 0 atom stereocenters. The number of hydrogen-bond donors (Lipinski definition) is 0. The van der Waals surface area contributed by atoms with E-state index in [-0.39, 0.29) is 0 Å². The van der Waals surface area contributed by atoms with Gasteiger partial charge in [0.05, 0.1) is 0 Å². The summed E-state index contributed by atoms with van der Waals surface area (Å²) in [6, 6.07) is 10.3. The monoisotopic (exact) mass is 212 g/mol. The highest BCUT2D eigenvalue weighted by Gasteiger charge is 1.98. The fourth-order valence-electron chi connectivity index (χ4n) is 1.69. The van der Waals surface area contributed by atoms with Crippen LogP contribution in [0.3, 0.4) is 0 Å².